The van der Waals surface area contributed by atoms with E-state index < -0.39 is 0 Å². The summed E-state index contributed by atoms with van der Waals surface area (Å²) >= 11 is 0. The molecule has 2 saturated heterocycles. The highest BCUT2D eigenvalue weighted by molar-refractivity contribution is 5.26. The Morgan fingerprint density at radius 3 is 2.50 bits per heavy atom. The van der Waals surface area contributed by atoms with Gasteiger partial charge in [-0.1, -0.05) is 19.8 Å². The van der Waals surface area contributed by atoms with E-state index in [0.717, 1.165) is 50.6 Å². The van der Waals surface area contributed by atoms with Crippen LogP contribution in [-0.2, 0) is 9.47 Å². The molecule has 0 N–H and O–H groups in total. The van der Waals surface area contributed by atoms with Crippen LogP contribution in [0.5, 0.6) is 0 Å². The van der Waals surface area contributed by atoms with Crippen LogP contribution in [0.3, 0.4) is 0 Å². The van der Waals surface area contributed by atoms with E-state index in [1.165, 1.54) is 25.7 Å². The van der Waals surface area contributed by atoms with Gasteiger partial charge in [0.1, 0.15) is 6.23 Å². The van der Waals surface area contributed by atoms with E-state index in [4.69, 9.17) is 9.47 Å². The van der Waals surface area contributed by atoms with Crippen molar-refractivity contribution in [3.05, 3.63) is 11.6 Å². The van der Waals surface area contributed by atoms with Crippen LogP contribution in [0.25, 0.3) is 0 Å². The molecule has 0 aromatic carbocycles. The summed E-state index contributed by atoms with van der Waals surface area (Å²) in [6, 6.07) is 2.46. The zero-order valence-corrected chi connectivity index (χ0v) is 13.7. The largest absolute Gasteiger partial charge is 0.379 e. The van der Waals surface area contributed by atoms with Gasteiger partial charge in [-0.25, -0.2) is 0 Å². The molecule has 0 spiro atoms. The van der Waals surface area contributed by atoms with Crippen molar-refractivity contribution in [2.24, 2.45) is 11.8 Å². The number of hydrogen-bond donors (Lipinski definition) is 0. The molecule has 1 saturated carbocycles. The monoisotopic (exact) mass is 304 g/mol. The minimum absolute atomic E-state index is 0.127. The number of allylic oxidation sites excluding steroid dienone is 1. The number of nitriles is 1. The highest BCUT2D eigenvalue weighted by Gasteiger charge is 2.31. The second-order valence-electron chi connectivity index (χ2n) is 7.05. The lowest BCUT2D eigenvalue weighted by molar-refractivity contribution is -0.0816. The van der Waals surface area contributed by atoms with Gasteiger partial charge < -0.3 is 9.47 Å². The zero-order valence-electron chi connectivity index (χ0n) is 13.7. The van der Waals surface area contributed by atoms with Gasteiger partial charge in [0.15, 0.2) is 0 Å². The predicted molar refractivity (Wildman–Crippen MR) is 85.1 cm³/mol. The van der Waals surface area contributed by atoms with E-state index in [-0.39, 0.29) is 12.3 Å². The van der Waals surface area contributed by atoms with E-state index in [1.54, 1.807) is 0 Å². The lowest BCUT2D eigenvalue weighted by atomic mass is 9.79. The topological polar surface area (TPSA) is 45.5 Å². The van der Waals surface area contributed by atoms with Crippen molar-refractivity contribution in [2.75, 3.05) is 26.3 Å². The molecule has 3 aliphatic rings. The second-order valence-corrected chi connectivity index (χ2v) is 7.05. The third-order valence-corrected chi connectivity index (χ3v) is 5.43. The molecule has 0 bridgehead atoms. The Kier molecular flexibility index (Phi) is 5.51. The SMILES string of the molecule is CC1CCC(/C(C#N)=C\C2CCC(N3CCOCC3)O2)CC1. The smallest absolute Gasteiger partial charge is 0.111 e. The van der Waals surface area contributed by atoms with Crippen LogP contribution in [0.4, 0.5) is 0 Å². The summed E-state index contributed by atoms with van der Waals surface area (Å²) in [7, 11) is 0. The maximum Gasteiger partial charge on any atom is 0.111 e. The molecule has 0 aromatic heterocycles. The van der Waals surface area contributed by atoms with Gasteiger partial charge in [-0.3, -0.25) is 4.90 Å². The number of hydrogen-bond acceptors (Lipinski definition) is 4. The third kappa shape index (κ3) is 3.90. The highest BCUT2D eigenvalue weighted by Crippen LogP contribution is 2.34. The molecule has 0 radical (unpaired) electrons. The molecule has 1 aliphatic carbocycles. The lowest BCUT2D eigenvalue weighted by Gasteiger charge is -2.31. The summed E-state index contributed by atoms with van der Waals surface area (Å²) < 4.78 is 11.6. The summed E-state index contributed by atoms with van der Waals surface area (Å²) in [4.78, 5) is 2.38. The van der Waals surface area contributed by atoms with Crippen molar-refractivity contribution in [1.29, 1.82) is 5.26 Å². The minimum Gasteiger partial charge on any atom is -0.379 e. The van der Waals surface area contributed by atoms with Crippen LogP contribution in [0.2, 0.25) is 0 Å². The van der Waals surface area contributed by atoms with Gasteiger partial charge in [0, 0.05) is 18.7 Å². The fourth-order valence-electron chi connectivity index (χ4n) is 3.94. The first-order valence-electron chi connectivity index (χ1n) is 8.85. The van der Waals surface area contributed by atoms with Crippen molar-refractivity contribution in [1.82, 2.24) is 4.90 Å². The molecule has 2 aliphatic heterocycles. The molecule has 3 fully saturated rings. The minimum atomic E-state index is 0.127. The standard InChI is InChI=1S/C18H28N2O2/c1-14-2-4-15(5-3-14)16(13-19)12-17-6-7-18(22-17)20-8-10-21-11-9-20/h12,14-15,17-18H,2-11H2,1H3/b16-12-. The van der Waals surface area contributed by atoms with Gasteiger partial charge in [0.25, 0.3) is 0 Å². The van der Waals surface area contributed by atoms with Gasteiger partial charge >= 0.3 is 0 Å². The molecule has 4 nitrogen and oxygen atoms in total. The molecule has 122 valence electrons. The Hall–Kier alpha value is -0.890. The summed E-state index contributed by atoms with van der Waals surface area (Å²) in [5.74, 6) is 1.29. The predicted octanol–water partition coefficient (Wildman–Crippen LogP) is 3.10. The van der Waals surface area contributed by atoms with Gasteiger partial charge in [0.05, 0.1) is 25.4 Å². The lowest BCUT2D eigenvalue weighted by Crippen LogP contribution is -2.43. The molecule has 22 heavy (non-hydrogen) atoms. The van der Waals surface area contributed by atoms with Crippen LogP contribution >= 0.6 is 0 Å². The average molecular weight is 304 g/mol. The summed E-state index contributed by atoms with van der Waals surface area (Å²) in [6.07, 6.45) is 9.43. The number of nitrogens with zero attached hydrogens (tertiary/aromatic N) is 2. The molecular weight excluding hydrogens is 276 g/mol. The fraction of sp³-hybridized carbons (Fsp3) is 0.833. The highest BCUT2D eigenvalue weighted by atomic mass is 16.5. The van der Waals surface area contributed by atoms with Crippen molar-refractivity contribution in [3.8, 4) is 6.07 Å². The van der Waals surface area contributed by atoms with E-state index in [9.17, 15) is 5.26 Å². The van der Waals surface area contributed by atoms with E-state index in [1.807, 2.05) is 0 Å². The van der Waals surface area contributed by atoms with Crippen LogP contribution in [-0.4, -0.2) is 43.5 Å². The van der Waals surface area contributed by atoms with Crippen molar-refractivity contribution >= 4 is 0 Å². The first-order chi connectivity index (χ1) is 10.8. The average Bonchev–Trinajstić information content (AvgIpc) is 3.03. The first kappa shape index (κ1) is 16.0. The molecule has 0 amide bonds. The van der Waals surface area contributed by atoms with Gasteiger partial charge in [-0.2, -0.15) is 5.26 Å². The summed E-state index contributed by atoms with van der Waals surface area (Å²) in [5.41, 5.74) is 0.972. The first-order valence-corrected chi connectivity index (χ1v) is 8.85. The van der Waals surface area contributed by atoms with E-state index >= 15 is 0 Å². The Bertz CT molecular complexity index is 429. The molecule has 3 rings (SSSR count). The van der Waals surface area contributed by atoms with Crippen LogP contribution in [0, 0.1) is 23.2 Å². The molecule has 4 heteroatoms. The summed E-state index contributed by atoms with van der Waals surface area (Å²) in [6.45, 7) is 5.87. The molecule has 2 heterocycles. The van der Waals surface area contributed by atoms with E-state index in [0.29, 0.717) is 5.92 Å². The van der Waals surface area contributed by atoms with E-state index in [2.05, 4.69) is 24.0 Å². The zero-order chi connectivity index (χ0) is 15.4. The van der Waals surface area contributed by atoms with Crippen molar-refractivity contribution in [3.63, 3.8) is 0 Å². The molecule has 2 atom stereocenters. The Morgan fingerprint density at radius 2 is 1.82 bits per heavy atom. The Labute approximate surface area is 134 Å². The Morgan fingerprint density at radius 1 is 1.09 bits per heavy atom. The maximum absolute atomic E-state index is 9.52. The molecular formula is C18H28N2O2. The Balaban J connectivity index is 1.56. The van der Waals surface area contributed by atoms with Gasteiger partial charge in [0.2, 0.25) is 0 Å². The number of morpholine rings is 1. The maximum atomic E-state index is 9.52. The third-order valence-electron chi connectivity index (χ3n) is 5.43. The van der Waals surface area contributed by atoms with Gasteiger partial charge in [-0.05, 0) is 43.6 Å². The van der Waals surface area contributed by atoms with Crippen LogP contribution in [0.1, 0.15) is 45.4 Å². The van der Waals surface area contributed by atoms with Crippen LogP contribution < -0.4 is 0 Å². The number of rotatable bonds is 3. The second kappa shape index (κ2) is 7.59. The molecule has 0 aromatic rings. The quantitative estimate of drug-likeness (QED) is 0.752. The van der Waals surface area contributed by atoms with Crippen molar-refractivity contribution < 1.29 is 9.47 Å². The van der Waals surface area contributed by atoms with Crippen LogP contribution in [0.15, 0.2) is 11.6 Å². The van der Waals surface area contributed by atoms with Crippen molar-refractivity contribution in [2.45, 2.75) is 57.8 Å². The normalized spacial score (nSPS) is 37.9. The number of ether oxygens (including phenoxy) is 2. The van der Waals surface area contributed by atoms with Gasteiger partial charge in [-0.15, -0.1) is 0 Å². The molecule has 2 unspecified atom stereocenters. The summed E-state index contributed by atoms with van der Waals surface area (Å²) in [5, 5.41) is 9.52. The fourth-order valence-corrected chi connectivity index (χ4v) is 3.94.